The van der Waals surface area contributed by atoms with Crippen LogP contribution in [0.2, 0.25) is 0 Å². The maximum Gasteiger partial charge on any atom is 0.161 e. The summed E-state index contributed by atoms with van der Waals surface area (Å²) >= 11 is 0. The van der Waals surface area contributed by atoms with E-state index in [-0.39, 0.29) is 6.61 Å². The Morgan fingerprint density at radius 1 is 1.78 bits per heavy atom. The minimum atomic E-state index is 0.250. The van der Waals surface area contributed by atoms with Gasteiger partial charge in [0.05, 0.1) is 0 Å². The van der Waals surface area contributed by atoms with Gasteiger partial charge in [-0.25, -0.2) is 0 Å². The molecule has 1 aromatic heterocycles. The van der Waals surface area contributed by atoms with Gasteiger partial charge in [0.2, 0.25) is 0 Å². The lowest BCUT2D eigenvalue weighted by molar-refractivity contribution is 0.318. The highest BCUT2D eigenvalue weighted by molar-refractivity contribution is 4.38. The van der Waals surface area contributed by atoms with Crippen LogP contribution in [0.1, 0.15) is 6.92 Å². The van der Waals surface area contributed by atoms with Gasteiger partial charge in [0.1, 0.15) is 0 Å². The van der Waals surface area contributed by atoms with Crippen LogP contribution in [0.4, 0.5) is 0 Å². The van der Waals surface area contributed by atoms with Gasteiger partial charge in [-0.1, -0.05) is 0 Å². The van der Waals surface area contributed by atoms with Crippen LogP contribution in [0.25, 0.3) is 0 Å². The summed E-state index contributed by atoms with van der Waals surface area (Å²) in [4.78, 5) is 1.03. The molecule has 0 saturated carbocycles. The standard InChI is InChI=1S/C2H6O.CH3N5/c1-2-3;2-6-1-3-4-5-6/h3H,2H2,1H3;1H,2H2. The van der Waals surface area contributed by atoms with Crippen LogP contribution in [0.15, 0.2) is 6.33 Å². The largest absolute Gasteiger partial charge is 0.397 e. The van der Waals surface area contributed by atoms with E-state index in [0.29, 0.717) is 0 Å². The van der Waals surface area contributed by atoms with E-state index in [1.807, 2.05) is 0 Å². The Morgan fingerprint density at radius 3 is 2.44 bits per heavy atom. The molecule has 1 heterocycles. The van der Waals surface area contributed by atoms with Crippen LogP contribution in [-0.2, 0) is 0 Å². The number of hydrogen-bond donors (Lipinski definition) is 2. The Kier molecular flexibility index (Phi) is 4.33. The van der Waals surface area contributed by atoms with E-state index >= 15 is 0 Å². The summed E-state index contributed by atoms with van der Waals surface area (Å²) in [6.07, 6.45) is 1.31. The number of aliphatic hydroxyl groups is 1. The maximum absolute atomic E-state index is 7.57. The number of tetrazole rings is 1. The number of rotatable bonds is 0. The Hall–Kier alpha value is -1.17. The van der Waals surface area contributed by atoms with Crippen molar-refractivity contribution in [2.75, 3.05) is 12.4 Å². The second-order valence-electron chi connectivity index (χ2n) is 1.11. The molecular formula is C3H9N5O. The lowest BCUT2D eigenvalue weighted by Gasteiger charge is -1.73. The molecule has 0 fully saturated rings. The number of aromatic nitrogens is 4. The SMILES string of the molecule is CCO.Nn1cnnn1. The topological polar surface area (TPSA) is 89.8 Å². The molecule has 0 bridgehead atoms. The van der Waals surface area contributed by atoms with E-state index in [1.54, 1.807) is 6.92 Å². The molecule has 0 saturated heterocycles. The smallest absolute Gasteiger partial charge is 0.161 e. The molecule has 0 aliphatic heterocycles. The third-order valence-corrected chi connectivity index (χ3v) is 0.365. The lowest BCUT2D eigenvalue weighted by Crippen LogP contribution is -2.07. The molecule has 52 valence electrons. The highest BCUT2D eigenvalue weighted by atomic mass is 16.2. The van der Waals surface area contributed by atoms with Crippen molar-refractivity contribution in [2.24, 2.45) is 0 Å². The quantitative estimate of drug-likeness (QED) is 0.413. The molecule has 0 atom stereocenters. The van der Waals surface area contributed by atoms with Crippen LogP contribution in [0.5, 0.6) is 0 Å². The first-order valence-corrected chi connectivity index (χ1v) is 2.40. The zero-order chi connectivity index (χ0) is 7.11. The van der Waals surface area contributed by atoms with Crippen molar-refractivity contribution in [1.29, 1.82) is 0 Å². The van der Waals surface area contributed by atoms with Gasteiger partial charge in [0.15, 0.2) is 6.33 Å². The molecule has 0 spiro atoms. The summed E-state index contributed by atoms with van der Waals surface area (Å²) in [5.41, 5.74) is 0. The molecule has 6 heteroatoms. The first-order valence-electron chi connectivity index (χ1n) is 2.40. The molecule has 0 unspecified atom stereocenters. The van der Waals surface area contributed by atoms with Crippen molar-refractivity contribution in [1.82, 2.24) is 20.3 Å². The van der Waals surface area contributed by atoms with Crippen molar-refractivity contribution in [3.63, 3.8) is 0 Å². The van der Waals surface area contributed by atoms with Crippen LogP contribution in [-0.4, -0.2) is 32.0 Å². The zero-order valence-electron chi connectivity index (χ0n) is 5.10. The molecule has 0 amide bonds. The second-order valence-corrected chi connectivity index (χ2v) is 1.11. The van der Waals surface area contributed by atoms with Gasteiger partial charge in [0, 0.05) is 6.61 Å². The number of nitrogen functional groups attached to an aromatic ring is 1. The van der Waals surface area contributed by atoms with Crippen molar-refractivity contribution < 1.29 is 5.11 Å². The van der Waals surface area contributed by atoms with E-state index in [9.17, 15) is 0 Å². The third kappa shape index (κ3) is 4.69. The Bertz CT molecular complexity index is 127. The number of hydrogen-bond acceptors (Lipinski definition) is 5. The predicted octanol–water partition coefficient (Wildman–Crippen LogP) is -1.61. The predicted molar refractivity (Wildman–Crippen MR) is 30.7 cm³/mol. The van der Waals surface area contributed by atoms with Crippen LogP contribution in [0, 0.1) is 0 Å². The normalized spacial score (nSPS) is 7.78. The highest BCUT2D eigenvalue weighted by Crippen LogP contribution is 1.53. The highest BCUT2D eigenvalue weighted by Gasteiger charge is 1.73. The minimum absolute atomic E-state index is 0.250. The molecule has 0 aromatic carbocycles. The van der Waals surface area contributed by atoms with Crippen LogP contribution < -0.4 is 5.84 Å². The van der Waals surface area contributed by atoms with Gasteiger partial charge in [-0.2, -0.15) is 0 Å². The van der Waals surface area contributed by atoms with Crippen molar-refractivity contribution >= 4 is 0 Å². The van der Waals surface area contributed by atoms with Crippen LogP contribution in [0.3, 0.4) is 0 Å². The first kappa shape index (κ1) is 7.83. The molecule has 1 rings (SSSR count). The molecule has 9 heavy (non-hydrogen) atoms. The van der Waals surface area contributed by atoms with Crippen molar-refractivity contribution in [2.45, 2.75) is 6.92 Å². The average Bonchev–Trinajstić information content (AvgIpc) is 2.20. The maximum atomic E-state index is 7.57. The molecular weight excluding hydrogens is 122 g/mol. The first-order chi connectivity index (χ1) is 4.31. The van der Waals surface area contributed by atoms with Crippen molar-refractivity contribution in [3.8, 4) is 0 Å². The summed E-state index contributed by atoms with van der Waals surface area (Å²) in [5, 5.41) is 17.3. The monoisotopic (exact) mass is 131 g/mol. The number of nitrogens with zero attached hydrogens (tertiary/aromatic N) is 4. The van der Waals surface area contributed by atoms with Gasteiger partial charge < -0.3 is 10.9 Å². The summed E-state index contributed by atoms with van der Waals surface area (Å²) in [7, 11) is 0. The Labute approximate surface area is 52.3 Å². The molecule has 6 nitrogen and oxygen atoms in total. The molecule has 0 aliphatic rings. The summed E-state index contributed by atoms with van der Waals surface area (Å²) in [6.45, 7) is 1.93. The summed E-state index contributed by atoms with van der Waals surface area (Å²) in [6, 6.07) is 0. The van der Waals surface area contributed by atoms with E-state index in [1.165, 1.54) is 6.33 Å². The molecule has 3 N–H and O–H groups in total. The fourth-order valence-electron chi connectivity index (χ4n) is 0.168. The van der Waals surface area contributed by atoms with Gasteiger partial charge in [-0.3, -0.25) is 0 Å². The second kappa shape index (κ2) is 4.98. The third-order valence-electron chi connectivity index (χ3n) is 0.365. The van der Waals surface area contributed by atoms with Gasteiger partial charge in [-0.05, 0) is 17.4 Å². The summed E-state index contributed by atoms with van der Waals surface area (Å²) in [5.74, 6) is 4.96. The van der Waals surface area contributed by atoms with Crippen molar-refractivity contribution in [3.05, 3.63) is 6.33 Å². The van der Waals surface area contributed by atoms with Gasteiger partial charge in [0.25, 0.3) is 0 Å². The van der Waals surface area contributed by atoms with Gasteiger partial charge >= 0.3 is 0 Å². The average molecular weight is 131 g/mol. The molecule has 0 aliphatic carbocycles. The van der Waals surface area contributed by atoms with E-state index in [0.717, 1.165) is 4.79 Å². The van der Waals surface area contributed by atoms with Crippen LogP contribution >= 0.6 is 0 Å². The molecule has 1 aromatic rings. The zero-order valence-corrected chi connectivity index (χ0v) is 5.10. The fourth-order valence-corrected chi connectivity index (χ4v) is 0.168. The van der Waals surface area contributed by atoms with E-state index in [4.69, 9.17) is 10.9 Å². The van der Waals surface area contributed by atoms with E-state index in [2.05, 4.69) is 15.5 Å². The molecule has 0 radical (unpaired) electrons. The number of aliphatic hydroxyl groups excluding tert-OH is 1. The lowest BCUT2D eigenvalue weighted by atomic mass is 10.9. The summed E-state index contributed by atoms with van der Waals surface area (Å²) < 4.78 is 0. The Morgan fingerprint density at radius 2 is 2.33 bits per heavy atom. The Balaban J connectivity index is 0.000000187. The fraction of sp³-hybridized carbons (Fsp3) is 0.667. The van der Waals surface area contributed by atoms with Gasteiger partial charge in [-0.15, -0.1) is 9.89 Å². The van der Waals surface area contributed by atoms with E-state index < -0.39 is 0 Å². The number of nitrogens with two attached hydrogens (primary N) is 1. The minimum Gasteiger partial charge on any atom is -0.397 e.